The number of nitrogens with one attached hydrogen (secondary N) is 1. The van der Waals surface area contributed by atoms with Crippen molar-refractivity contribution in [1.82, 2.24) is 15.1 Å². The second-order valence-electron chi connectivity index (χ2n) is 13.7. The number of aromatic amines is 1. The molecular formula is C38H38FN3O6. The Balaban J connectivity index is 0.938. The van der Waals surface area contributed by atoms with Gasteiger partial charge in [-0.05, 0) is 78.3 Å². The third-order valence-electron chi connectivity index (χ3n) is 10.6. The number of likely N-dealkylation sites (tertiary alicyclic amines) is 1. The monoisotopic (exact) mass is 651 g/mol. The highest BCUT2D eigenvalue weighted by Gasteiger charge is 2.48. The van der Waals surface area contributed by atoms with Crippen LogP contribution in [0.4, 0.5) is 4.39 Å². The summed E-state index contributed by atoms with van der Waals surface area (Å²) in [5.41, 5.74) is 3.48. The Morgan fingerprint density at radius 2 is 1.92 bits per heavy atom. The molecule has 1 aromatic heterocycles. The number of hydrogen-bond acceptors (Lipinski definition) is 7. The van der Waals surface area contributed by atoms with Gasteiger partial charge in [0.2, 0.25) is 0 Å². The normalized spacial score (nSPS) is 24.0. The van der Waals surface area contributed by atoms with Crippen LogP contribution in [0.3, 0.4) is 0 Å². The number of H-pyrrole nitrogens is 1. The summed E-state index contributed by atoms with van der Waals surface area (Å²) in [5.74, 6) is -1.68. The number of fused-ring (bicyclic) bond motifs is 3. The zero-order valence-electron chi connectivity index (χ0n) is 26.9. The molecule has 2 fully saturated rings. The van der Waals surface area contributed by atoms with E-state index >= 15 is 0 Å². The molecule has 1 N–H and O–H groups in total. The molecule has 2 saturated heterocycles. The molecule has 248 valence electrons. The molecule has 2 unspecified atom stereocenters. The van der Waals surface area contributed by atoms with Crippen molar-refractivity contribution in [2.45, 2.75) is 58.0 Å². The molecule has 2 aliphatic carbocycles. The van der Waals surface area contributed by atoms with Crippen molar-refractivity contribution in [3.63, 3.8) is 0 Å². The van der Waals surface area contributed by atoms with Crippen molar-refractivity contribution in [1.29, 1.82) is 0 Å². The summed E-state index contributed by atoms with van der Waals surface area (Å²) in [6, 6.07) is 11.6. The first kappa shape index (κ1) is 31.7. The number of hydrogen-bond donors (Lipinski definition) is 1. The van der Waals surface area contributed by atoms with Crippen LogP contribution >= 0.6 is 0 Å². The third kappa shape index (κ3) is 6.00. The van der Waals surface area contributed by atoms with Crippen molar-refractivity contribution in [2.75, 3.05) is 19.7 Å². The van der Waals surface area contributed by atoms with Crippen LogP contribution in [-0.2, 0) is 25.5 Å². The van der Waals surface area contributed by atoms with Crippen molar-refractivity contribution in [2.24, 2.45) is 17.3 Å². The van der Waals surface area contributed by atoms with Gasteiger partial charge >= 0.3 is 11.9 Å². The highest BCUT2D eigenvalue weighted by Crippen LogP contribution is 2.52. The summed E-state index contributed by atoms with van der Waals surface area (Å²) in [6.07, 6.45) is 8.36. The number of rotatable bonds is 7. The maximum absolute atomic E-state index is 14.9. The largest absolute Gasteiger partial charge is 0.461 e. The number of nitrogens with zero attached hydrogens (tertiary/aromatic N) is 2. The lowest BCUT2D eigenvalue weighted by molar-refractivity contribution is -0.144. The molecule has 1 amide bonds. The number of piperidine rings is 1. The fraction of sp³-hybridized carbons (Fsp3) is 0.395. The van der Waals surface area contributed by atoms with Gasteiger partial charge in [0.1, 0.15) is 18.5 Å². The van der Waals surface area contributed by atoms with E-state index in [0.29, 0.717) is 60.0 Å². The molecule has 7 rings (SSSR count). The van der Waals surface area contributed by atoms with E-state index in [9.17, 15) is 23.6 Å². The van der Waals surface area contributed by atoms with Gasteiger partial charge in [0.25, 0.3) is 11.5 Å². The molecule has 0 spiro atoms. The molecule has 9 nitrogen and oxygen atoms in total. The minimum absolute atomic E-state index is 0.00714. The van der Waals surface area contributed by atoms with E-state index in [1.807, 2.05) is 12.1 Å². The molecule has 3 heterocycles. The number of esters is 2. The summed E-state index contributed by atoms with van der Waals surface area (Å²) in [6.45, 7) is 7.12. The number of ether oxygens (including phenoxy) is 2. The van der Waals surface area contributed by atoms with Crippen LogP contribution in [0.1, 0.15) is 67.1 Å². The smallest absolute Gasteiger partial charge is 0.334 e. The second kappa shape index (κ2) is 12.6. The van der Waals surface area contributed by atoms with E-state index in [0.717, 1.165) is 30.4 Å². The lowest BCUT2D eigenvalue weighted by Crippen LogP contribution is -2.39. The quantitative estimate of drug-likeness (QED) is 0.261. The summed E-state index contributed by atoms with van der Waals surface area (Å²) in [4.78, 5) is 52.3. The van der Waals surface area contributed by atoms with Crippen LogP contribution in [0, 0.1) is 23.1 Å². The minimum atomic E-state index is -0.596. The second-order valence-corrected chi connectivity index (χ2v) is 13.7. The van der Waals surface area contributed by atoms with Crippen LogP contribution in [-0.4, -0.2) is 58.7 Å². The molecule has 0 bridgehead atoms. The lowest BCUT2D eigenvalue weighted by Gasteiger charge is -2.42. The van der Waals surface area contributed by atoms with Gasteiger partial charge in [-0.1, -0.05) is 49.9 Å². The number of benzene rings is 2. The van der Waals surface area contributed by atoms with E-state index in [1.165, 1.54) is 6.07 Å². The van der Waals surface area contributed by atoms with Crippen LogP contribution in [0.2, 0.25) is 0 Å². The van der Waals surface area contributed by atoms with E-state index < -0.39 is 5.82 Å². The fourth-order valence-electron chi connectivity index (χ4n) is 7.81. The first-order valence-electron chi connectivity index (χ1n) is 16.6. The summed E-state index contributed by atoms with van der Waals surface area (Å²) in [7, 11) is 0. The Labute approximate surface area is 277 Å². The van der Waals surface area contributed by atoms with E-state index in [4.69, 9.17) is 9.47 Å². The predicted octanol–water partition coefficient (Wildman–Crippen LogP) is 5.59. The zero-order valence-corrected chi connectivity index (χ0v) is 26.9. The average molecular weight is 652 g/mol. The Kier molecular flexibility index (Phi) is 8.35. The van der Waals surface area contributed by atoms with Gasteiger partial charge in [0.15, 0.2) is 0 Å². The Morgan fingerprint density at radius 1 is 1.15 bits per heavy atom. The molecule has 10 heteroatoms. The molecule has 0 radical (unpaired) electrons. The molecular weight excluding hydrogens is 613 g/mol. The predicted molar refractivity (Wildman–Crippen MR) is 176 cm³/mol. The van der Waals surface area contributed by atoms with E-state index in [2.05, 4.69) is 35.9 Å². The van der Waals surface area contributed by atoms with Crippen molar-refractivity contribution in [3.8, 4) is 0 Å². The van der Waals surface area contributed by atoms with Crippen LogP contribution in [0.25, 0.3) is 10.8 Å². The van der Waals surface area contributed by atoms with E-state index in [-0.39, 0.29) is 65.4 Å². The molecule has 4 aliphatic rings. The highest BCUT2D eigenvalue weighted by atomic mass is 19.1. The SMILES string of the molecule is C=C1C(=O)OC2C[C@@]3(C)CCC=C(COC(=O)CC4CCN(C(=O)c5cc(Cc6n[nH]c(=O)c7ccccc67)ccc5F)CC4)C3=CC12. The Hall–Kier alpha value is -4.86. The zero-order chi connectivity index (χ0) is 33.6. The third-order valence-corrected chi connectivity index (χ3v) is 10.6. The van der Waals surface area contributed by atoms with Gasteiger partial charge in [-0.2, -0.15) is 5.10 Å². The van der Waals surface area contributed by atoms with Crippen molar-refractivity contribution < 1.29 is 28.2 Å². The number of aromatic nitrogens is 2. The topological polar surface area (TPSA) is 119 Å². The van der Waals surface area contributed by atoms with Gasteiger partial charge < -0.3 is 14.4 Å². The molecule has 3 aromatic rings. The Morgan fingerprint density at radius 3 is 2.71 bits per heavy atom. The maximum atomic E-state index is 14.9. The maximum Gasteiger partial charge on any atom is 0.334 e. The van der Waals surface area contributed by atoms with Crippen LogP contribution < -0.4 is 5.56 Å². The highest BCUT2D eigenvalue weighted by molar-refractivity contribution is 5.95. The fourth-order valence-corrected chi connectivity index (χ4v) is 7.81. The average Bonchev–Trinajstić information content (AvgIpc) is 3.35. The number of allylic oxidation sites excluding steroid dienone is 1. The van der Waals surface area contributed by atoms with Crippen LogP contribution in [0.15, 0.2) is 82.7 Å². The number of halogens is 1. The molecule has 0 saturated carbocycles. The standard InChI is InChI=1S/C38H38FN3O6/c1-22-28-19-30-25(6-5-13-38(30,2)20-33(28)48-37(22)46)21-47-34(43)18-23-11-14-42(15-12-23)36(45)29-16-24(9-10-31(29)39)17-32-26-7-3-4-8-27(26)35(44)41-40-32/h3-4,6-10,16,19,23,28,33H,1,5,11-15,17-18,20-21H2,2H3,(H,41,44)/t28?,33?,38-/m1/s1. The van der Waals surface area contributed by atoms with Crippen LogP contribution in [0.5, 0.6) is 0 Å². The Bertz CT molecular complexity index is 1950. The first-order valence-corrected chi connectivity index (χ1v) is 16.6. The number of carbonyl (C=O) groups excluding carboxylic acids is 3. The van der Waals surface area contributed by atoms with Gasteiger partial charge in [0, 0.05) is 42.8 Å². The first-order chi connectivity index (χ1) is 23.1. The van der Waals surface area contributed by atoms with Gasteiger partial charge in [-0.15, -0.1) is 0 Å². The number of amides is 1. The van der Waals surface area contributed by atoms with Gasteiger partial charge in [-0.25, -0.2) is 14.3 Å². The van der Waals surface area contributed by atoms with Crippen molar-refractivity contribution in [3.05, 3.63) is 111 Å². The van der Waals surface area contributed by atoms with Crippen molar-refractivity contribution >= 4 is 28.6 Å². The molecule has 3 atom stereocenters. The lowest BCUT2D eigenvalue weighted by atomic mass is 9.63. The number of carbonyl (C=O) groups is 3. The van der Waals surface area contributed by atoms with Gasteiger partial charge in [-0.3, -0.25) is 14.4 Å². The molecule has 2 aliphatic heterocycles. The molecule has 48 heavy (non-hydrogen) atoms. The molecule has 2 aromatic carbocycles. The summed E-state index contributed by atoms with van der Waals surface area (Å²) >= 11 is 0. The summed E-state index contributed by atoms with van der Waals surface area (Å²) in [5, 5.41) is 7.95. The minimum Gasteiger partial charge on any atom is -0.461 e. The summed E-state index contributed by atoms with van der Waals surface area (Å²) < 4.78 is 26.3. The van der Waals surface area contributed by atoms with E-state index in [1.54, 1.807) is 29.2 Å². The van der Waals surface area contributed by atoms with Gasteiger partial charge in [0.05, 0.1) is 16.6 Å².